The highest BCUT2D eigenvalue weighted by Gasteiger charge is 2.66. The lowest BCUT2D eigenvalue weighted by atomic mass is 9.35. The topological polar surface area (TPSA) is 35.2 Å². The fraction of sp³-hybridized carbons (Fsp3) is 1.00. The minimum absolute atomic E-state index is 0. The lowest BCUT2D eigenvalue weighted by Crippen LogP contribution is -2.66. The molecule has 11 heavy (non-hydrogen) atoms. The number of methoxy groups -OCH3 is 1. The highest BCUT2D eigenvalue weighted by atomic mass is 35.5. The van der Waals surface area contributed by atoms with Gasteiger partial charge in [-0.25, -0.2) is 0 Å². The van der Waals surface area contributed by atoms with Crippen LogP contribution in [0, 0.1) is 10.8 Å². The van der Waals surface area contributed by atoms with Crippen molar-refractivity contribution < 1.29 is 4.74 Å². The van der Waals surface area contributed by atoms with Gasteiger partial charge in [-0.1, -0.05) is 0 Å². The molecule has 0 heterocycles. The predicted molar refractivity (Wildman–Crippen MR) is 46.9 cm³/mol. The molecule has 3 heteroatoms. The Bertz CT molecular complexity index is 140. The normalized spacial score (nSPS) is 45.3. The summed E-state index contributed by atoms with van der Waals surface area (Å²) in [4.78, 5) is 0. The number of hydrogen-bond donors (Lipinski definition) is 1. The van der Waals surface area contributed by atoms with Crippen LogP contribution in [0.4, 0.5) is 0 Å². The van der Waals surface area contributed by atoms with Crippen LogP contribution in [-0.2, 0) is 4.74 Å². The largest absolute Gasteiger partial charge is 0.384 e. The summed E-state index contributed by atoms with van der Waals surface area (Å²) < 4.78 is 5.14. The minimum atomic E-state index is 0. The summed E-state index contributed by atoms with van der Waals surface area (Å²) in [6.45, 7) is 1.84. The third-order valence-electron chi connectivity index (χ3n) is 3.13. The van der Waals surface area contributed by atoms with Gasteiger partial charge in [0, 0.05) is 7.11 Å². The number of hydrogen-bond acceptors (Lipinski definition) is 2. The molecule has 0 saturated heterocycles. The van der Waals surface area contributed by atoms with Crippen molar-refractivity contribution in [2.24, 2.45) is 16.6 Å². The number of nitrogens with two attached hydrogens (primary N) is 1. The van der Waals surface area contributed by atoms with E-state index < -0.39 is 0 Å². The average molecular weight is 178 g/mol. The zero-order chi connectivity index (χ0) is 7.24. The van der Waals surface area contributed by atoms with Crippen LogP contribution in [0.2, 0.25) is 0 Å². The van der Waals surface area contributed by atoms with Gasteiger partial charge in [0.05, 0.1) is 6.61 Å². The molecule has 3 saturated carbocycles. The van der Waals surface area contributed by atoms with E-state index in [9.17, 15) is 0 Å². The second-order valence-corrected chi connectivity index (χ2v) is 4.17. The van der Waals surface area contributed by atoms with E-state index in [1.165, 1.54) is 19.3 Å². The molecule has 3 fully saturated rings. The molecule has 2 bridgehead atoms. The molecular formula is C8H16ClNO. The highest BCUT2D eigenvalue weighted by molar-refractivity contribution is 5.85. The molecule has 2 nitrogen and oxygen atoms in total. The van der Waals surface area contributed by atoms with E-state index in [0.29, 0.717) is 10.8 Å². The van der Waals surface area contributed by atoms with Crippen molar-refractivity contribution in [1.29, 1.82) is 0 Å². The Hall–Kier alpha value is 0.210. The van der Waals surface area contributed by atoms with E-state index in [-0.39, 0.29) is 12.4 Å². The van der Waals surface area contributed by atoms with Gasteiger partial charge in [-0.3, -0.25) is 0 Å². The summed E-state index contributed by atoms with van der Waals surface area (Å²) in [7, 11) is 1.79. The maximum atomic E-state index is 5.62. The summed E-state index contributed by atoms with van der Waals surface area (Å²) in [5.74, 6) is 0. The standard InChI is InChI=1S/C8H15NO.ClH/c1-10-6-8-2-7(3-8,4-8)5-9;/h2-6,9H2,1H3;1H. The first-order valence-corrected chi connectivity index (χ1v) is 3.93. The van der Waals surface area contributed by atoms with Crippen LogP contribution in [0.5, 0.6) is 0 Å². The first kappa shape index (κ1) is 9.30. The molecule has 0 unspecified atom stereocenters. The van der Waals surface area contributed by atoms with Crippen molar-refractivity contribution in [3.05, 3.63) is 0 Å². The quantitative estimate of drug-likeness (QED) is 0.703. The highest BCUT2D eigenvalue weighted by Crippen LogP contribution is 2.72. The Balaban J connectivity index is 0.000000605. The van der Waals surface area contributed by atoms with Crippen molar-refractivity contribution in [3.8, 4) is 0 Å². The van der Waals surface area contributed by atoms with Gasteiger partial charge in [0.15, 0.2) is 0 Å². The zero-order valence-corrected chi connectivity index (χ0v) is 7.75. The first-order valence-electron chi connectivity index (χ1n) is 3.93. The molecular weight excluding hydrogens is 162 g/mol. The van der Waals surface area contributed by atoms with E-state index in [1.54, 1.807) is 7.11 Å². The van der Waals surface area contributed by atoms with Gasteiger partial charge < -0.3 is 10.5 Å². The summed E-state index contributed by atoms with van der Waals surface area (Å²) in [5.41, 5.74) is 6.77. The van der Waals surface area contributed by atoms with E-state index >= 15 is 0 Å². The summed E-state index contributed by atoms with van der Waals surface area (Å²) >= 11 is 0. The van der Waals surface area contributed by atoms with Gasteiger partial charge in [-0.15, -0.1) is 12.4 Å². The van der Waals surface area contributed by atoms with Crippen LogP contribution in [-0.4, -0.2) is 20.3 Å². The van der Waals surface area contributed by atoms with E-state index in [2.05, 4.69) is 0 Å². The Labute approximate surface area is 73.9 Å². The third kappa shape index (κ3) is 1.08. The van der Waals surface area contributed by atoms with E-state index in [0.717, 1.165) is 13.2 Å². The fourth-order valence-corrected chi connectivity index (χ4v) is 2.91. The van der Waals surface area contributed by atoms with Crippen LogP contribution >= 0.6 is 12.4 Å². The second kappa shape index (κ2) is 2.61. The predicted octanol–water partition coefficient (Wildman–Crippen LogP) is 1.18. The van der Waals surface area contributed by atoms with Gasteiger partial charge in [0.25, 0.3) is 0 Å². The molecule has 0 aromatic rings. The van der Waals surface area contributed by atoms with Gasteiger partial charge in [-0.2, -0.15) is 0 Å². The van der Waals surface area contributed by atoms with Crippen LogP contribution in [0.3, 0.4) is 0 Å². The molecule has 0 amide bonds. The summed E-state index contributed by atoms with van der Waals surface area (Å²) in [6, 6.07) is 0. The van der Waals surface area contributed by atoms with Crippen molar-refractivity contribution in [3.63, 3.8) is 0 Å². The average Bonchev–Trinajstić information content (AvgIpc) is 1.74. The monoisotopic (exact) mass is 177 g/mol. The SMILES string of the molecule is COCC12CC(CN)(C1)C2.Cl. The van der Waals surface area contributed by atoms with Crippen molar-refractivity contribution >= 4 is 12.4 Å². The lowest BCUT2D eigenvalue weighted by molar-refractivity contribution is -0.220. The summed E-state index contributed by atoms with van der Waals surface area (Å²) in [5, 5.41) is 0. The maximum absolute atomic E-state index is 5.62. The van der Waals surface area contributed by atoms with E-state index in [1.807, 2.05) is 0 Å². The Kier molecular flexibility index (Phi) is 2.21. The Morgan fingerprint density at radius 2 is 1.82 bits per heavy atom. The van der Waals surface area contributed by atoms with Crippen LogP contribution in [0.1, 0.15) is 19.3 Å². The van der Waals surface area contributed by atoms with Crippen molar-refractivity contribution in [2.75, 3.05) is 20.3 Å². The van der Waals surface area contributed by atoms with Gasteiger partial charge in [-0.05, 0) is 36.6 Å². The second-order valence-electron chi connectivity index (χ2n) is 4.17. The molecule has 3 rings (SSSR count). The zero-order valence-electron chi connectivity index (χ0n) is 6.93. The Morgan fingerprint density at radius 1 is 1.27 bits per heavy atom. The van der Waals surface area contributed by atoms with E-state index in [4.69, 9.17) is 10.5 Å². The molecule has 2 N–H and O–H groups in total. The van der Waals surface area contributed by atoms with Gasteiger partial charge in [0.1, 0.15) is 0 Å². The molecule has 0 atom stereocenters. The van der Waals surface area contributed by atoms with Crippen molar-refractivity contribution in [1.82, 2.24) is 0 Å². The molecule has 0 aromatic heterocycles. The van der Waals surface area contributed by atoms with Crippen LogP contribution in [0.15, 0.2) is 0 Å². The minimum Gasteiger partial charge on any atom is -0.384 e. The molecule has 3 aliphatic rings. The van der Waals surface area contributed by atoms with Gasteiger partial charge in [0.2, 0.25) is 0 Å². The molecule has 0 spiro atoms. The maximum Gasteiger partial charge on any atom is 0.0519 e. The fourth-order valence-electron chi connectivity index (χ4n) is 2.91. The molecule has 0 aromatic carbocycles. The number of halogens is 1. The molecule has 0 radical (unpaired) electrons. The van der Waals surface area contributed by atoms with Crippen molar-refractivity contribution in [2.45, 2.75) is 19.3 Å². The van der Waals surface area contributed by atoms with Gasteiger partial charge >= 0.3 is 0 Å². The smallest absolute Gasteiger partial charge is 0.0519 e. The number of rotatable bonds is 3. The number of ether oxygens (including phenoxy) is 1. The molecule has 0 aliphatic heterocycles. The molecule has 3 aliphatic carbocycles. The van der Waals surface area contributed by atoms with Crippen LogP contribution in [0.25, 0.3) is 0 Å². The molecule has 66 valence electrons. The van der Waals surface area contributed by atoms with Crippen LogP contribution < -0.4 is 5.73 Å². The lowest BCUT2D eigenvalue weighted by Gasteiger charge is -2.70. The first-order chi connectivity index (χ1) is 4.74. The Morgan fingerprint density at radius 3 is 2.18 bits per heavy atom. The third-order valence-corrected chi connectivity index (χ3v) is 3.13. The summed E-state index contributed by atoms with van der Waals surface area (Å²) in [6.07, 6.45) is 3.97.